The van der Waals surface area contributed by atoms with Crippen molar-refractivity contribution in [1.29, 1.82) is 0 Å². The lowest BCUT2D eigenvalue weighted by Crippen LogP contribution is -2.37. The predicted molar refractivity (Wildman–Crippen MR) is 66.9 cm³/mol. The fourth-order valence-electron chi connectivity index (χ4n) is 1.74. The molecule has 0 aliphatic rings. The van der Waals surface area contributed by atoms with Crippen LogP contribution in [0.5, 0.6) is 0 Å². The number of rotatable bonds is 4. The summed E-state index contributed by atoms with van der Waals surface area (Å²) in [7, 11) is 0. The second kappa shape index (κ2) is 5.01. The third-order valence-electron chi connectivity index (χ3n) is 2.82. The number of benzene rings is 1. The lowest BCUT2D eigenvalue weighted by molar-refractivity contribution is 0.0910. The SMILES string of the molecule is CC[C@@H](CO)NC(=O)c1cc2ccccc2[nH]1. The maximum absolute atomic E-state index is 11.9. The van der Waals surface area contributed by atoms with Gasteiger partial charge in [0.15, 0.2) is 0 Å². The molecule has 0 saturated heterocycles. The number of carbonyl (C=O) groups excluding carboxylic acids is 1. The summed E-state index contributed by atoms with van der Waals surface area (Å²) >= 11 is 0. The van der Waals surface area contributed by atoms with Crippen LogP contribution in [0.15, 0.2) is 30.3 Å². The first kappa shape index (κ1) is 11.7. The lowest BCUT2D eigenvalue weighted by atomic mass is 10.2. The van der Waals surface area contributed by atoms with Gasteiger partial charge in [-0.15, -0.1) is 0 Å². The molecule has 90 valence electrons. The number of hydrogen-bond acceptors (Lipinski definition) is 2. The molecule has 0 saturated carbocycles. The van der Waals surface area contributed by atoms with E-state index in [1.807, 2.05) is 37.3 Å². The molecule has 1 amide bonds. The molecule has 4 nitrogen and oxygen atoms in total. The average molecular weight is 232 g/mol. The van der Waals surface area contributed by atoms with E-state index in [4.69, 9.17) is 5.11 Å². The molecule has 1 atom stereocenters. The standard InChI is InChI=1S/C13H16N2O2/c1-2-10(8-16)14-13(17)12-7-9-5-3-4-6-11(9)15-12/h3-7,10,15-16H,2,8H2,1H3,(H,14,17)/t10-/m0/s1. The highest BCUT2D eigenvalue weighted by atomic mass is 16.3. The molecule has 1 aromatic carbocycles. The van der Waals surface area contributed by atoms with Gasteiger partial charge in [-0.2, -0.15) is 0 Å². The minimum Gasteiger partial charge on any atom is -0.394 e. The van der Waals surface area contributed by atoms with Gasteiger partial charge in [0.1, 0.15) is 5.69 Å². The van der Waals surface area contributed by atoms with Crippen LogP contribution in [-0.2, 0) is 0 Å². The van der Waals surface area contributed by atoms with E-state index in [0.29, 0.717) is 12.1 Å². The average Bonchev–Trinajstić information content (AvgIpc) is 2.79. The number of hydrogen-bond donors (Lipinski definition) is 3. The molecule has 0 fully saturated rings. The third-order valence-corrected chi connectivity index (χ3v) is 2.82. The Bertz CT molecular complexity index is 482. The van der Waals surface area contributed by atoms with Crippen molar-refractivity contribution < 1.29 is 9.90 Å². The van der Waals surface area contributed by atoms with E-state index in [0.717, 1.165) is 10.9 Å². The second-order valence-corrected chi connectivity index (χ2v) is 4.03. The van der Waals surface area contributed by atoms with Crippen molar-refractivity contribution in [2.75, 3.05) is 6.61 Å². The van der Waals surface area contributed by atoms with E-state index in [2.05, 4.69) is 10.3 Å². The Hall–Kier alpha value is -1.81. The number of aliphatic hydroxyl groups is 1. The molecule has 0 radical (unpaired) electrons. The van der Waals surface area contributed by atoms with Gasteiger partial charge in [-0.3, -0.25) is 4.79 Å². The topological polar surface area (TPSA) is 65.1 Å². The number of amides is 1. The fraction of sp³-hybridized carbons (Fsp3) is 0.308. The van der Waals surface area contributed by atoms with Gasteiger partial charge in [0.2, 0.25) is 0 Å². The first-order valence-electron chi connectivity index (χ1n) is 5.74. The first-order chi connectivity index (χ1) is 8.24. The lowest BCUT2D eigenvalue weighted by Gasteiger charge is -2.12. The highest BCUT2D eigenvalue weighted by molar-refractivity contribution is 5.98. The number of fused-ring (bicyclic) bond motifs is 1. The molecule has 17 heavy (non-hydrogen) atoms. The molecule has 2 aromatic rings. The molecular weight excluding hydrogens is 216 g/mol. The Morgan fingerprint density at radius 3 is 2.88 bits per heavy atom. The van der Waals surface area contributed by atoms with Gasteiger partial charge in [-0.05, 0) is 18.6 Å². The molecule has 0 aliphatic heterocycles. The fourth-order valence-corrected chi connectivity index (χ4v) is 1.74. The van der Waals surface area contributed by atoms with Crippen LogP contribution in [0.1, 0.15) is 23.8 Å². The minimum absolute atomic E-state index is 0.0392. The zero-order chi connectivity index (χ0) is 12.3. The van der Waals surface area contributed by atoms with Crippen molar-refractivity contribution in [1.82, 2.24) is 10.3 Å². The molecule has 4 heteroatoms. The number of para-hydroxylation sites is 1. The summed E-state index contributed by atoms with van der Waals surface area (Å²) in [6, 6.07) is 9.36. The molecule has 1 aromatic heterocycles. The van der Waals surface area contributed by atoms with Gasteiger partial charge in [-0.25, -0.2) is 0 Å². The zero-order valence-corrected chi connectivity index (χ0v) is 9.73. The van der Waals surface area contributed by atoms with Crippen LogP contribution in [-0.4, -0.2) is 28.6 Å². The second-order valence-electron chi connectivity index (χ2n) is 4.03. The molecule has 3 N–H and O–H groups in total. The first-order valence-corrected chi connectivity index (χ1v) is 5.74. The largest absolute Gasteiger partial charge is 0.394 e. The monoisotopic (exact) mass is 232 g/mol. The van der Waals surface area contributed by atoms with Crippen LogP contribution >= 0.6 is 0 Å². The van der Waals surface area contributed by atoms with E-state index in [1.165, 1.54) is 0 Å². The molecular formula is C13H16N2O2. The number of carbonyl (C=O) groups is 1. The van der Waals surface area contributed by atoms with Gasteiger partial charge in [0, 0.05) is 10.9 Å². The quantitative estimate of drug-likeness (QED) is 0.750. The van der Waals surface area contributed by atoms with Crippen molar-refractivity contribution in [3.8, 4) is 0 Å². The van der Waals surface area contributed by atoms with Crippen molar-refractivity contribution in [2.24, 2.45) is 0 Å². The summed E-state index contributed by atoms with van der Waals surface area (Å²) in [6.45, 7) is 1.88. The van der Waals surface area contributed by atoms with Crippen molar-refractivity contribution >= 4 is 16.8 Å². The summed E-state index contributed by atoms with van der Waals surface area (Å²) < 4.78 is 0. The molecule has 0 bridgehead atoms. The van der Waals surface area contributed by atoms with Crippen molar-refractivity contribution in [3.63, 3.8) is 0 Å². The smallest absolute Gasteiger partial charge is 0.268 e. The number of aliphatic hydroxyl groups excluding tert-OH is 1. The van der Waals surface area contributed by atoms with Crippen molar-refractivity contribution in [2.45, 2.75) is 19.4 Å². The van der Waals surface area contributed by atoms with Gasteiger partial charge in [0.25, 0.3) is 5.91 Å². The van der Waals surface area contributed by atoms with Crippen LogP contribution in [0, 0.1) is 0 Å². The van der Waals surface area contributed by atoms with Crippen LogP contribution in [0.25, 0.3) is 10.9 Å². The van der Waals surface area contributed by atoms with E-state index in [1.54, 1.807) is 0 Å². The Kier molecular flexibility index (Phi) is 3.44. The minimum atomic E-state index is -0.186. The highest BCUT2D eigenvalue weighted by Gasteiger charge is 2.13. The van der Waals surface area contributed by atoms with E-state index in [9.17, 15) is 4.79 Å². The Labute approximate surface area is 99.7 Å². The van der Waals surface area contributed by atoms with Gasteiger partial charge >= 0.3 is 0 Å². The molecule has 0 unspecified atom stereocenters. The van der Waals surface area contributed by atoms with Crippen LogP contribution in [0.4, 0.5) is 0 Å². The third kappa shape index (κ3) is 2.47. The van der Waals surface area contributed by atoms with Crippen molar-refractivity contribution in [3.05, 3.63) is 36.0 Å². The number of aromatic amines is 1. The predicted octanol–water partition coefficient (Wildman–Crippen LogP) is 1.67. The number of nitrogens with one attached hydrogen (secondary N) is 2. The summed E-state index contributed by atoms with van der Waals surface area (Å²) in [5.41, 5.74) is 1.47. The highest BCUT2D eigenvalue weighted by Crippen LogP contribution is 2.14. The van der Waals surface area contributed by atoms with E-state index >= 15 is 0 Å². The molecule has 1 heterocycles. The zero-order valence-electron chi connectivity index (χ0n) is 9.73. The summed E-state index contributed by atoms with van der Waals surface area (Å²) in [6.07, 6.45) is 0.711. The van der Waals surface area contributed by atoms with Crippen LogP contribution in [0.2, 0.25) is 0 Å². The van der Waals surface area contributed by atoms with Gasteiger partial charge in [0.05, 0.1) is 12.6 Å². The van der Waals surface area contributed by atoms with Gasteiger partial charge < -0.3 is 15.4 Å². The number of aromatic nitrogens is 1. The van der Waals surface area contributed by atoms with E-state index < -0.39 is 0 Å². The Morgan fingerprint density at radius 2 is 2.24 bits per heavy atom. The number of H-pyrrole nitrogens is 1. The van der Waals surface area contributed by atoms with Crippen LogP contribution in [0.3, 0.4) is 0 Å². The summed E-state index contributed by atoms with van der Waals surface area (Å²) in [5, 5.41) is 12.8. The Morgan fingerprint density at radius 1 is 1.47 bits per heavy atom. The van der Waals surface area contributed by atoms with E-state index in [-0.39, 0.29) is 18.6 Å². The van der Waals surface area contributed by atoms with Crippen LogP contribution < -0.4 is 5.32 Å². The maximum Gasteiger partial charge on any atom is 0.268 e. The summed E-state index contributed by atoms with van der Waals surface area (Å²) in [4.78, 5) is 14.9. The van der Waals surface area contributed by atoms with Gasteiger partial charge in [-0.1, -0.05) is 25.1 Å². The molecule has 0 spiro atoms. The molecule has 0 aliphatic carbocycles. The summed E-state index contributed by atoms with van der Waals surface area (Å²) in [5.74, 6) is -0.179. The normalized spacial score (nSPS) is 12.6. The molecule has 2 rings (SSSR count). The Balaban J connectivity index is 2.19. The maximum atomic E-state index is 11.9.